The first-order valence-electron chi connectivity index (χ1n) is 6.19. The average Bonchev–Trinajstić information content (AvgIpc) is 2.46. The minimum absolute atomic E-state index is 0.0366. The second-order valence-electron chi connectivity index (χ2n) is 4.39. The number of hydrogen-bond donors (Lipinski definition) is 4. The molecule has 0 aromatic heterocycles. The molecule has 110 valence electrons. The van der Waals surface area contributed by atoms with Crippen molar-refractivity contribution < 1.29 is 15.1 Å². The van der Waals surface area contributed by atoms with Crippen molar-refractivity contribution in [1.82, 2.24) is 5.32 Å². The normalized spacial score (nSPS) is 12.2. The Morgan fingerprint density at radius 2 is 2.05 bits per heavy atom. The highest BCUT2D eigenvalue weighted by Crippen LogP contribution is 2.23. The smallest absolute Gasteiger partial charge is 0.255 e. The third-order valence-electron chi connectivity index (χ3n) is 3.36. The Labute approximate surface area is 122 Å². The minimum Gasteiger partial charge on any atom is -0.507 e. The maximum atomic E-state index is 12.2. The van der Waals surface area contributed by atoms with E-state index in [1.165, 1.54) is 18.2 Å². The van der Waals surface area contributed by atoms with Crippen LogP contribution in [0, 0.1) is 0 Å². The molecule has 6 nitrogen and oxygen atoms in total. The molecule has 7 heteroatoms. The molecule has 0 atom stereocenters. The highest BCUT2D eigenvalue weighted by Gasteiger charge is 2.34. The zero-order chi connectivity index (χ0) is 15.3. The summed E-state index contributed by atoms with van der Waals surface area (Å²) in [6.45, 7) is 3.61. The van der Waals surface area contributed by atoms with Crippen LogP contribution in [-0.2, 0) is 0 Å². The summed E-state index contributed by atoms with van der Waals surface area (Å²) in [4.78, 5) is 12.2. The lowest BCUT2D eigenvalue weighted by molar-refractivity contribution is 0.0915. The number of phenolic OH excluding ortho intramolecular Hbond substituents is 1. The fraction of sp³-hybridized carbons (Fsp3) is 0.385. The van der Waals surface area contributed by atoms with Gasteiger partial charge in [0, 0.05) is 5.02 Å². The number of nitrogens with one attached hydrogen (secondary N) is 1. The number of oxime groups is 1. The van der Waals surface area contributed by atoms with Crippen molar-refractivity contribution in [2.75, 3.05) is 0 Å². The van der Waals surface area contributed by atoms with Crippen LogP contribution in [0.15, 0.2) is 23.4 Å². The molecule has 0 fully saturated rings. The maximum absolute atomic E-state index is 12.2. The zero-order valence-electron chi connectivity index (χ0n) is 11.4. The van der Waals surface area contributed by atoms with Gasteiger partial charge in [0.2, 0.25) is 0 Å². The largest absolute Gasteiger partial charge is 0.507 e. The Morgan fingerprint density at radius 3 is 2.55 bits per heavy atom. The zero-order valence-corrected chi connectivity index (χ0v) is 12.1. The molecule has 1 rings (SSSR count). The molecule has 0 unspecified atom stereocenters. The maximum Gasteiger partial charge on any atom is 0.255 e. The van der Waals surface area contributed by atoms with Crippen LogP contribution in [0.5, 0.6) is 5.75 Å². The van der Waals surface area contributed by atoms with Gasteiger partial charge < -0.3 is 21.4 Å². The molecule has 1 amide bonds. The van der Waals surface area contributed by atoms with Crippen molar-refractivity contribution in [3.05, 3.63) is 28.8 Å². The first-order chi connectivity index (χ1) is 9.40. The summed E-state index contributed by atoms with van der Waals surface area (Å²) in [5.41, 5.74) is 4.73. The standard InChI is InChI=1S/C13H18ClN3O3/c1-3-13(4-2,12(15)17-20)16-11(19)9-7-8(14)5-6-10(9)18/h5-7,18,20H,3-4H2,1-2H3,(H2,15,17)(H,16,19). The predicted octanol–water partition coefficient (Wildman–Crippen LogP) is 2.08. The Morgan fingerprint density at radius 1 is 1.45 bits per heavy atom. The molecule has 0 aliphatic carbocycles. The van der Waals surface area contributed by atoms with Crippen molar-refractivity contribution in [2.45, 2.75) is 32.2 Å². The molecule has 0 radical (unpaired) electrons. The van der Waals surface area contributed by atoms with Gasteiger partial charge >= 0.3 is 0 Å². The summed E-state index contributed by atoms with van der Waals surface area (Å²) < 4.78 is 0. The summed E-state index contributed by atoms with van der Waals surface area (Å²) in [7, 11) is 0. The van der Waals surface area contributed by atoms with Crippen LogP contribution in [0.1, 0.15) is 37.0 Å². The third-order valence-corrected chi connectivity index (χ3v) is 3.60. The van der Waals surface area contributed by atoms with Crippen molar-refractivity contribution in [1.29, 1.82) is 0 Å². The number of amides is 1. The van der Waals surface area contributed by atoms with Gasteiger partial charge in [-0.1, -0.05) is 30.6 Å². The van der Waals surface area contributed by atoms with Crippen LogP contribution in [0.3, 0.4) is 0 Å². The van der Waals surface area contributed by atoms with Crippen molar-refractivity contribution in [3.8, 4) is 5.75 Å². The Bertz CT molecular complexity index is 528. The van der Waals surface area contributed by atoms with E-state index in [-0.39, 0.29) is 17.1 Å². The first kappa shape index (κ1) is 16.1. The van der Waals surface area contributed by atoms with Gasteiger partial charge in [0.15, 0.2) is 5.84 Å². The van der Waals surface area contributed by atoms with Gasteiger partial charge in [0.25, 0.3) is 5.91 Å². The van der Waals surface area contributed by atoms with Gasteiger partial charge in [-0.25, -0.2) is 0 Å². The second kappa shape index (κ2) is 6.47. The topological polar surface area (TPSA) is 108 Å². The quantitative estimate of drug-likeness (QED) is 0.289. The summed E-state index contributed by atoms with van der Waals surface area (Å²) in [5, 5.41) is 24.6. The molecule has 0 saturated carbocycles. The number of phenols is 1. The van der Waals surface area contributed by atoms with Gasteiger partial charge in [-0.05, 0) is 31.0 Å². The van der Waals surface area contributed by atoms with Crippen LogP contribution in [0.4, 0.5) is 0 Å². The van der Waals surface area contributed by atoms with E-state index in [0.29, 0.717) is 17.9 Å². The van der Waals surface area contributed by atoms with Gasteiger partial charge in [-0.2, -0.15) is 0 Å². The van der Waals surface area contributed by atoms with E-state index in [0.717, 1.165) is 0 Å². The van der Waals surface area contributed by atoms with Crippen LogP contribution in [0.2, 0.25) is 5.02 Å². The lowest BCUT2D eigenvalue weighted by Gasteiger charge is -2.31. The summed E-state index contributed by atoms with van der Waals surface area (Å²) >= 11 is 5.81. The lowest BCUT2D eigenvalue weighted by atomic mass is 9.91. The van der Waals surface area contributed by atoms with Crippen LogP contribution in [-0.4, -0.2) is 27.6 Å². The Balaban J connectivity index is 3.12. The second-order valence-corrected chi connectivity index (χ2v) is 4.83. The minimum atomic E-state index is -0.972. The monoisotopic (exact) mass is 299 g/mol. The highest BCUT2D eigenvalue weighted by molar-refractivity contribution is 6.31. The number of hydrogen-bond acceptors (Lipinski definition) is 4. The Kier molecular flexibility index (Phi) is 5.21. The van der Waals surface area contributed by atoms with E-state index in [2.05, 4.69) is 10.5 Å². The number of aromatic hydroxyl groups is 1. The third kappa shape index (κ3) is 3.14. The van der Waals surface area contributed by atoms with E-state index >= 15 is 0 Å². The van der Waals surface area contributed by atoms with Crippen LogP contribution >= 0.6 is 11.6 Å². The summed E-state index contributed by atoms with van der Waals surface area (Å²) in [6.07, 6.45) is 0.874. The molecular formula is C13H18ClN3O3. The molecule has 0 aliphatic heterocycles. The predicted molar refractivity (Wildman–Crippen MR) is 77.3 cm³/mol. The fourth-order valence-electron chi connectivity index (χ4n) is 1.92. The van der Waals surface area contributed by atoms with Gasteiger partial charge in [0.1, 0.15) is 11.3 Å². The molecule has 5 N–H and O–H groups in total. The SMILES string of the molecule is CCC(CC)(NC(=O)c1cc(Cl)ccc1O)/C(N)=N/O. The summed E-state index contributed by atoms with van der Waals surface area (Å²) in [6, 6.07) is 4.17. The number of nitrogens with two attached hydrogens (primary N) is 1. The fourth-order valence-corrected chi connectivity index (χ4v) is 2.10. The molecule has 0 saturated heterocycles. The molecule has 0 aliphatic rings. The summed E-state index contributed by atoms with van der Waals surface area (Å²) in [5.74, 6) is -0.815. The molecular weight excluding hydrogens is 282 g/mol. The highest BCUT2D eigenvalue weighted by atomic mass is 35.5. The van der Waals surface area contributed by atoms with E-state index in [9.17, 15) is 9.90 Å². The lowest BCUT2D eigenvalue weighted by Crippen LogP contribution is -2.56. The number of nitrogens with zero attached hydrogens (tertiary/aromatic N) is 1. The van der Waals surface area contributed by atoms with E-state index in [1.807, 2.05) is 0 Å². The number of amidine groups is 1. The number of carbonyl (C=O) groups is 1. The van der Waals surface area contributed by atoms with E-state index in [1.54, 1.807) is 13.8 Å². The molecule has 0 heterocycles. The van der Waals surface area contributed by atoms with E-state index in [4.69, 9.17) is 22.5 Å². The molecule has 0 spiro atoms. The van der Waals surface area contributed by atoms with Crippen LogP contribution in [0.25, 0.3) is 0 Å². The van der Waals surface area contributed by atoms with Gasteiger partial charge in [-0.15, -0.1) is 0 Å². The number of benzene rings is 1. The first-order valence-corrected chi connectivity index (χ1v) is 6.57. The molecule has 1 aromatic rings. The molecule has 1 aromatic carbocycles. The average molecular weight is 300 g/mol. The molecule has 0 bridgehead atoms. The van der Waals surface area contributed by atoms with Gasteiger partial charge in [-0.3, -0.25) is 4.79 Å². The van der Waals surface area contributed by atoms with Crippen molar-refractivity contribution in [2.24, 2.45) is 10.9 Å². The number of carbonyl (C=O) groups excluding carboxylic acids is 1. The van der Waals surface area contributed by atoms with Crippen molar-refractivity contribution in [3.63, 3.8) is 0 Å². The van der Waals surface area contributed by atoms with Crippen molar-refractivity contribution >= 4 is 23.3 Å². The Hall–Kier alpha value is -1.95. The van der Waals surface area contributed by atoms with E-state index < -0.39 is 11.4 Å². The number of halogens is 1. The number of rotatable bonds is 5. The van der Waals surface area contributed by atoms with Gasteiger partial charge in [0.05, 0.1) is 5.56 Å². The molecule has 20 heavy (non-hydrogen) atoms. The van der Waals surface area contributed by atoms with Crippen LogP contribution < -0.4 is 11.1 Å².